The van der Waals surface area contributed by atoms with Crippen molar-refractivity contribution in [1.82, 2.24) is 10.3 Å². The van der Waals surface area contributed by atoms with Crippen molar-refractivity contribution in [1.29, 1.82) is 0 Å². The van der Waals surface area contributed by atoms with Crippen LogP contribution in [0.2, 0.25) is 0 Å². The Morgan fingerprint density at radius 2 is 2.45 bits per heavy atom. The maximum atomic E-state index is 6.12. The number of nitrogens with one attached hydrogen (secondary N) is 1. The molecule has 3 atom stereocenters. The molecule has 0 unspecified atom stereocenters. The van der Waals surface area contributed by atoms with Crippen molar-refractivity contribution >= 4 is 33.3 Å². The molecule has 2 aliphatic heterocycles. The number of hydrogen-bond donors (Lipinski definition) is 1. The summed E-state index contributed by atoms with van der Waals surface area (Å²) in [6, 6.07) is 5.27. The van der Waals surface area contributed by atoms with Crippen LogP contribution in [0.15, 0.2) is 23.7 Å². The number of thiophene rings is 1. The quantitative estimate of drug-likeness (QED) is 0.920. The summed E-state index contributed by atoms with van der Waals surface area (Å²) >= 11 is 3.80. The molecule has 0 radical (unpaired) electrons. The molecule has 1 spiro atoms. The van der Waals surface area contributed by atoms with Gasteiger partial charge in [0.25, 0.3) is 0 Å². The van der Waals surface area contributed by atoms with Crippen LogP contribution >= 0.6 is 23.1 Å². The van der Waals surface area contributed by atoms with Crippen molar-refractivity contribution < 1.29 is 4.74 Å². The van der Waals surface area contributed by atoms with Crippen LogP contribution in [-0.2, 0) is 4.74 Å². The Labute approximate surface area is 139 Å². The lowest BCUT2D eigenvalue weighted by atomic mass is 9.89. The molecule has 2 aromatic heterocycles. The van der Waals surface area contributed by atoms with Crippen molar-refractivity contribution in [3.05, 3.63) is 29.3 Å². The molecule has 5 heteroatoms. The van der Waals surface area contributed by atoms with E-state index in [1.165, 1.54) is 28.2 Å². The van der Waals surface area contributed by atoms with Crippen LogP contribution in [0.1, 0.15) is 37.8 Å². The number of nitrogens with zero attached hydrogens (tertiary/aromatic N) is 1. The summed E-state index contributed by atoms with van der Waals surface area (Å²) < 4.78 is 7.40. The third-order valence-electron chi connectivity index (χ3n) is 4.87. The van der Waals surface area contributed by atoms with E-state index in [4.69, 9.17) is 4.74 Å². The fourth-order valence-corrected chi connectivity index (χ4v) is 5.75. The van der Waals surface area contributed by atoms with Crippen molar-refractivity contribution in [2.75, 3.05) is 18.1 Å². The van der Waals surface area contributed by atoms with E-state index in [0.29, 0.717) is 12.1 Å². The second-order valence-corrected chi connectivity index (χ2v) is 8.54. The molecule has 22 heavy (non-hydrogen) atoms. The average molecular weight is 335 g/mol. The Morgan fingerprint density at radius 3 is 3.32 bits per heavy atom. The van der Waals surface area contributed by atoms with Crippen LogP contribution in [0.5, 0.6) is 0 Å². The fourth-order valence-electron chi connectivity index (χ4n) is 3.58. The number of fused-ring (bicyclic) bond motifs is 1. The number of rotatable bonds is 3. The molecule has 0 saturated carbocycles. The number of pyridine rings is 1. The van der Waals surface area contributed by atoms with E-state index in [9.17, 15) is 0 Å². The van der Waals surface area contributed by atoms with E-state index in [1.807, 2.05) is 18.0 Å². The largest absolute Gasteiger partial charge is 0.374 e. The molecule has 2 saturated heterocycles. The van der Waals surface area contributed by atoms with E-state index in [2.05, 4.69) is 34.7 Å². The van der Waals surface area contributed by atoms with Crippen LogP contribution in [0.3, 0.4) is 0 Å². The lowest BCUT2D eigenvalue weighted by molar-refractivity contribution is -0.0711. The van der Waals surface area contributed by atoms with Gasteiger partial charge in [-0.05, 0) is 55.0 Å². The Kier molecular flexibility index (Phi) is 4.15. The van der Waals surface area contributed by atoms with Gasteiger partial charge in [0.15, 0.2) is 0 Å². The van der Waals surface area contributed by atoms with Gasteiger partial charge in [-0.3, -0.25) is 4.98 Å². The summed E-state index contributed by atoms with van der Waals surface area (Å²) in [5.74, 6) is 2.42. The van der Waals surface area contributed by atoms with Crippen molar-refractivity contribution in [2.45, 2.75) is 43.9 Å². The molecule has 2 aromatic rings. The van der Waals surface area contributed by atoms with Gasteiger partial charge in [0.2, 0.25) is 0 Å². The lowest BCUT2D eigenvalue weighted by Crippen LogP contribution is -2.47. The SMILES string of the molecule is C[C@H](N[C@H]1CCO[C@@]2(CCSC2)C1)c1cnc2ccsc2c1. The van der Waals surface area contributed by atoms with Gasteiger partial charge in [-0.25, -0.2) is 0 Å². The van der Waals surface area contributed by atoms with Gasteiger partial charge >= 0.3 is 0 Å². The van der Waals surface area contributed by atoms with Crippen LogP contribution in [0, 0.1) is 0 Å². The molecule has 3 nitrogen and oxygen atoms in total. The molecular formula is C17H22N2OS2. The third-order valence-corrected chi connectivity index (χ3v) is 6.95. The summed E-state index contributed by atoms with van der Waals surface area (Å²) in [7, 11) is 0. The van der Waals surface area contributed by atoms with E-state index in [-0.39, 0.29) is 5.60 Å². The van der Waals surface area contributed by atoms with E-state index >= 15 is 0 Å². The van der Waals surface area contributed by atoms with Crippen molar-refractivity contribution in [3.63, 3.8) is 0 Å². The summed E-state index contributed by atoms with van der Waals surface area (Å²) in [4.78, 5) is 4.57. The summed E-state index contributed by atoms with van der Waals surface area (Å²) in [6.07, 6.45) is 5.50. The minimum Gasteiger partial charge on any atom is -0.374 e. The summed E-state index contributed by atoms with van der Waals surface area (Å²) in [5, 5.41) is 5.93. The smallest absolute Gasteiger partial charge is 0.0809 e. The van der Waals surface area contributed by atoms with Gasteiger partial charge in [-0.1, -0.05) is 0 Å². The molecule has 0 amide bonds. The van der Waals surface area contributed by atoms with Crippen LogP contribution in [0.25, 0.3) is 10.2 Å². The van der Waals surface area contributed by atoms with E-state index in [1.54, 1.807) is 11.3 Å². The number of thioether (sulfide) groups is 1. The molecule has 4 rings (SSSR count). The standard InChI is InChI=1S/C17H22N2OS2/c1-12(13-8-16-15(18-10-13)3-6-22-16)19-14-2-5-20-17(9-14)4-7-21-11-17/h3,6,8,10,12,14,19H,2,4-5,7,9,11H2,1H3/t12-,14-,17-/m0/s1. The zero-order valence-corrected chi connectivity index (χ0v) is 14.5. The molecule has 2 fully saturated rings. The van der Waals surface area contributed by atoms with Gasteiger partial charge < -0.3 is 10.1 Å². The first kappa shape index (κ1) is 14.9. The Bertz CT molecular complexity index is 651. The van der Waals surface area contributed by atoms with Gasteiger partial charge in [-0.15, -0.1) is 11.3 Å². The molecule has 2 aliphatic rings. The number of hydrogen-bond acceptors (Lipinski definition) is 5. The summed E-state index contributed by atoms with van der Waals surface area (Å²) in [5.41, 5.74) is 2.54. The van der Waals surface area contributed by atoms with Crippen LogP contribution in [0.4, 0.5) is 0 Å². The normalized spacial score (nSPS) is 30.1. The number of aromatic nitrogens is 1. The Hall–Kier alpha value is -0.620. The van der Waals surface area contributed by atoms with Crippen molar-refractivity contribution in [2.24, 2.45) is 0 Å². The highest BCUT2D eigenvalue weighted by Crippen LogP contribution is 2.38. The van der Waals surface area contributed by atoms with Crippen LogP contribution in [-0.4, -0.2) is 34.7 Å². The Balaban J connectivity index is 1.45. The number of ether oxygens (including phenoxy) is 1. The maximum absolute atomic E-state index is 6.12. The zero-order valence-electron chi connectivity index (χ0n) is 12.9. The zero-order chi connectivity index (χ0) is 15.0. The fraction of sp³-hybridized carbons (Fsp3) is 0.588. The second-order valence-electron chi connectivity index (χ2n) is 6.48. The van der Waals surface area contributed by atoms with Gasteiger partial charge in [0.1, 0.15) is 0 Å². The highest BCUT2D eigenvalue weighted by molar-refractivity contribution is 7.99. The third kappa shape index (κ3) is 2.92. The highest BCUT2D eigenvalue weighted by atomic mass is 32.2. The second kappa shape index (κ2) is 6.11. The van der Waals surface area contributed by atoms with E-state index < -0.39 is 0 Å². The van der Waals surface area contributed by atoms with Crippen molar-refractivity contribution in [3.8, 4) is 0 Å². The van der Waals surface area contributed by atoms with Gasteiger partial charge in [0.05, 0.1) is 15.8 Å². The monoisotopic (exact) mass is 334 g/mol. The molecule has 1 N–H and O–H groups in total. The maximum Gasteiger partial charge on any atom is 0.0809 e. The average Bonchev–Trinajstić information content (AvgIpc) is 3.16. The van der Waals surface area contributed by atoms with Crippen LogP contribution < -0.4 is 5.32 Å². The Morgan fingerprint density at radius 1 is 1.50 bits per heavy atom. The molecule has 0 aromatic carbocycles. The molecule has 118 valence electrons. The molecule has 4 heterocycles. The first-order valence-corrected chi connectivity index (χ1v) is 10.1. The van der Waals surface area contributed by atoms with Gasteiger partial charge in [-0.2, -0.15) is 11.8 Å². The molecule has 0 bridgehead atoms. The minimum atomic E-state index is 0.149. The first-order chi connectivity index (χ1) is 10.7. The predicted octanol–water partition coefficient (Wildman–Crippen LogP) is 4.00. The summed E-state index contributed by atoms with van der Waals surface area (Å²) in [6.45, 7) is 3.15. The first-order valence-electron chi connectivity index (χ1n) is 8.05. The van der Waals surface area contributed by atoms with E-state index in [0.717, 1.165) is 25.0 Å². The topological polar surface area (TPSA) is 34.1 Å². The highest BCUT2D eigenvalue weighted by Gasteiger charge is 2.40. The lowest BCUT2D eigenvalue weighted by Gasteiger charge is -2.39. The minimum absolute atomic E-state index is 0.149. The molecule has 0 aliphatic carbocycles. The predicted molar refractivity (Wildman–Crippen MR) is 94.8 cm³/mol. The van der Waals surface area contributed by atoms with Gasteiger partial charge in [0, 0.05) is 30.6 Å². The molecular weight excluding hydrogens is 312 g/mol.